The maximum Gasteiger partial charge on any atom is 0.292 e. The first-order valence-corrected chi connectivity index (χ1v) is 6.77. The van der Waals surface area contributed by atoms with Gasteiger partial charge in [-0.2, -0.15) is 0 Å². The molecule has 0 atom stereocenters. The van der Waals surface area contributed by atoms with Crippen molar-refractivity contribution < 1.29 is 14.5 Å². The van der Waals surface area contributed by atoms with Crippen LogP contribution in [0.5, 0.6) is 5.75 Å². The van der Waals surface area contributed by atoms with Crippen molar-refractivity contribution in [3.05, 3.63) is 63.1 Å². The molecule has 1 N–H and O–H groups in total. The number of benzene rings is 2. The lowest BCUT2D eigenvalue weighted by Gasteiger charge is -2.07. The molecule has 7 heteroatoms. The first-order valence-electron chi connectivity index (χ1n) is 5.98. The monoisotopic (exact) mass is 350 g/mol. The van der Waals surface area contributed by atoms with E-state index >= 15 is 0 Å². The highest BCUT2D eigenvalue weighted by Crippen LogP contribution is 2.23. The number of nitro benzene ring substituents is 1. The Balaban J connectivity index is 1.96. The van der Waals surface area contributed by atoms with E-state index in [9.17, 15) is 14.9 Å². The van der Waals surface area contributed by atoms with Crippen molar-refractivity contribution in [1.29, 1.82) is 0 Å². The van der Waals surface area contributed by atoms with Crippen molar-refractivity contribution in [2.24, 2.45) is 0 Å². The van der Waals surface area contributed by atoms with Gasteiger partial charge in [0.1, 0.15) is 11.4 Å². The lowest BCUT2D eigenvalue weighted by Crippen LogP contribution is -2.20. The molecule has 0 unspecified atom stereocenters. The minimum Gasteiger partial charge on any atom is -0.484 e. The number of para-hydroxylation sites is 2. The van der Waals surface area contributed by atoms with Gasteiger partial charge >= 0.3 is 0 Å². The van der Waals surface area contributed by atoms with Crippen LogP contribution >= 0.6 is 15.9 Å². The van der Waals surface area contributed by atoms with Crippen molar-refractivity contribution >= 4 is 33.2 Å². The molecule has 108 valence electrons. The summed E-state index contributed by atoms with van der Waals surface area (Å²) in [5, 5.41) is 13.3. The van der Waals surface area contributed by atoms with Crippen LogP contribution in [0.4, 0.5) is 11.4 Å². The number of amides is 1. The summed E-state index contributed by atoms with van der Waals surface area (Å²) in [5.74, 6) is 0.0723. The van der Waals surface area contributed by atoms with E-state index in [1.807, 2.05) is 0 Å². The molecule has 0 aliphatic carbocycles. The smallest absolute Gasteiger partial charge is 0.292 e. The van der Waals surface area contributed by atoms with Gasteiger partial charge in [-0.15, -0.1) is 0 Å². The van der Waals surface area contributed by atoms with Crippen LogP contribution in [-0.4, -0.2) is 17.4 Å². The number of nitrogens with one attached hydrogen (secondary N) is 1. The van der Waals surface area contributed by atoms with Crippen LogP contribution < -0.4 is 10.1 Å². The van der Waals surface area contributed by atoms with Gasteiger partial charge < -0.3 is 10.1 Å². The van der Waals surface area contributed by atoms with Crippen LogP contribution in [0.2, 0.25) is 0 Å². The minimum atomic E-state index is -0.550. The van der Waals surface area contributed by atoms with E-state index in [-0.39, 0.29) is 18.0 Å². The highest BCUT2D eigenvalue weighted by molar-refractivity contribution is 9.10. The Morgan fingerprint density at radius 1 is 1.19 bits per heavy atom. The van der Waals surface area contributed by atoms with Crippen LogP contribution in [-0.2, 0) is 4.79 Å². The fraction of sp³-hybridized carbons (Fsp3) is 0.0714. The first kappa shape index (κ1) is 15.0. The molecule has 0 bridgehead atoms. The summed E-state index contributed by atoms with van der Waals surface area (Å²) in [4.78, 5) is 22.0. The number of carbonyl (C=O) groups excluding carboxylic acids is 1. The molecule has 0 aliphatic rings. The van der Waals surface area contributed by atoms with Gasteiger partial charge in [-0.3, -0.25) is 14.9 Å². The second-order valence-corrected chi connectivity index (χ2v) is 4.98. The van der Waals surface area contributed by atoms with E-state index < -0.39 is 10.8 Å². The molecular weight excluding hydrogens is 340 g/mol. The Kier molecular flexibility index (Phi) is 4.89. The summed E-state index contributed by atoms with van der Waals surface area (Å²) < 4.78 is 6.19. The van der Waals surface area contributed by atoms with Gasteiger partial charge in [0.05, 0.1) is 4.92 Å². The van der Waals surface area contributed by atoms with Crippen LogP contribution in [0.15, 0.2) is 53.0 Å². The Labute approximate surface area is 129 Å². The average molecular weight is 351 g/mol. The molecule has 6 nitrogen and oxygen atoms in total. The molecule has 0 saturated heterocycles. The summed E-state index contributed by atoms with van der Waals surface area (Å²) >= 11 is 3.29. The van der Waals surface area contributed by atoms with E-state index in [0.717, 1.165) is 4.47 Å². The number of halogens is 1. The van der Waals surface area contributed by atoms with E-state index in [1.165, 1.54) is 18.2 Å². The second kappa shape index (κ2) is 6.85. The van der Waals surface area contributed by atoms with Crippen LogP contribution in [0.3, 0.4) is 0 Å². The first-order chi connectivity index (χ1) is 10.1. The molecule has 0 aromatic heterocycles. The second-order valence-electron chi connectivity index (χ2n) is 4.07. The molecule has 21 heavy (non-hydrogen) atoms. The van der Waals surface area contributed by atoms with Crippen molar-refractivity contribution in [3.63, 3.8) is 0 Å². The zero-order valence-corrected chi connectivity index (χ0v) is 12.4. The molecule has 0 saturated carbocycles. The zero-order chi connectivity index (χ0) is 15.2. The normalized spacial score (nSPS) is 9.95. The van der Waals surface area contributed by atoms with Crippen molar-refractivity contribution in [2.75, 3.05) is 11.9 Å². The van der Waals surface area contributed by atoms with Gasteiger partial charge in [-0.05, 0) is 30.3 Å². The summed E-state index contributed by atoms with van der Waals surface area (Å²) in [5.41, 5.74) is -0.0126. The summed E-state index contributed by atoms with van der Waals surface area (Å²) in [7, 11) is 0. The Hall–Kier alpha value is -2.41. The van der Waals surface area contributed by atoms with Gasteiger partial charge in [-0.25, -0.2) is 0 Å². The zero-order valence-electron chi connectivity index (χ0n) is 10.8. The average Bonchev–Trinajstić information content (AvgIpc) is 2.47. The standard InChI is InChI=1S/C14H11BrN2O4/c15-10-5-7-11(8-6-10)21-9-14(18)16-12-3-1-2-4-13(12)17(19)20/h1-8H,9H2,(H,16,18). The van der Waals surface area contributed by atoms with Crippen LogP contribution in [0.25, 0.3) is 0 Å². The van der Waals surface area contributed by atoms with E-state index in [4.69, 9.17) is 4.74 Å². The van der Waals surface area contributed by atoms with Crippen LogP contribution in [0.1, 0.15) is 0 Å². The van der Waals surface area contributed by atoms with E-state index in [0.29, 0.717) is 5.75 Å². The van der Waals surface area contributed by atoms with Gasteiger partial charge in [0, 0.05) is 10.5 Å². The fourth-order valence-corrected chi connectivity index (χ4v) is 1.87. The van der Waals surface area contributed by atoms with Gasteiger partial charge in [-0.1, -0.05) is 28.1 Å². The van der Waals surface area contributed by atoms with Crippen molar-refractivity contribution in [2.45, 2.75) is 0 Å². The number of hydrogen-bond donors (Lipinski definition) is 1. The number of carbonyl (C=O) groups is 1. The number of nitro groups is 1. The van der Waals surface area contributed by atoms with Gasteiger partial charge in [0.15, 0.2) is 6.61 Å². The number of nitrogens with zero attached hydrogens (tertiary/aromatic N) is 1. The molecule has 2 rings (SSSR count). The largest absolute Gasteiger partial charge is 0.484 e. The molecule has 0 aliphatic heterocycles. The number of anilines is 1. The Morgan fingerprint density at radius 2 is 1.86 bits per heavy atom. The molecule has 2 aromatic rings. The highest BCUT2D eigenvalue weighted by atomic mass is 79.9. The molecule has 1 amide bonds. The maximum atomic E-state index is 11.8. The highest BCUT2D eigenvalue weighted by Gasteiger charge is 2.14. The molecule has 0 radical (unpaired) electrons. The summed E-state index contributed by atoms with van der Waals surface area (Å²) in [6, 6.07) is 12.9. The van der Waals surface area contributed by atoms with Crippen molar-refractivity contribution in [3.8, 4) is 5.75 Å². The van der Waals surface area contributed by atoms with E-state index in [2.05, 4.69) is 21.2 Å². The number of hydrogen-bond acceptors (Lipinski definition) is 4. The molecular formula is C14H11BrN2O4. The third-order valence-electron chi connectivity index (χ3n) is 2.56. The fourth-order valence-electron chi connectivity index (χ4n) is 1.60. The summed E-state index contributed by atoms with van der Waals surface area (Å²) in [6.07, 6.45) is 0. The Morgan fingerprint density at radius 3 is 2.52 bits per heavy atom. The van der Waals surface area contributed by atoms with Crippen molar-refractivity contribution in [1.82, 2.24) is 0 Å². The lowest BCUT2D eigenvalue weighted by molar-refractivity contribution is -0.383. The predicted octanol–water partition coefficient (Wildman–Crippen LogP) is 3.37. The third kappa shape index (κ3) is 4.28. The SMILES string of the molecule is O=C(COc1ccc(Br)cc1)Nc1ccccc1[N+](=O)[O-]. The Bertz CT molecular complexity index is 658. The topological polar surface area (TPSA) is 81.5 Å². The molecule has 0 heterocycles. The third-order valence-corrected chi connectivity index (χ3v) is 3.09. The lowest BCUT2D eigenvalue weighted by atomic mass is 10.2. The molecule has 0 spiro atoms. The maximum absolute atomic E-state index is 11.8. The van der Waals surface area contributed by atoms with Crippen LogP contribution in [0, 0.1) is 10.1 Å². The minimum absolute atomic E-state index is 0.145. The number of ether oxygens (including phenoxy) is 1. The van der Waals surface area contributed by atoms with Gasteiger partial charge in [0.2, 0.25) is 0 Å². The molecule has 2 aromatic carbocycles. The predicted molar refractivity (Wildman–Crippen MR) is 81.4 cm³/mol. The number of rotatable bonds is 5. The van der Waals surface area contributed by atoms with E-state index in [1.54, 1.807) is 30.3 Å². The molecule has 0 fully saturated rings. The van der Waals surface area contributed by atoms with Gasteiger partial charge in [0.25, 0.3) is 11.6 Å². The summed E-state index contributed by atoms with van der Waals surface area (Å²) in [6.45, 7) is -0.228. The quantitative estimate of drug-likeness (QED) is 0.661.